The number of nitrogens with one attached hydrogen (secondary N) is 1. The van der Waals surface area contributed by atoms with Crippen LogP contribution in [-0.4, -0.2) is 59.1 Å². The third-order valence-corrected chi connectivity index (χ3v) is 4.96. The Labute approximate surface area is 177 Å². The second kappa shape index (κ2) is 10.6. The quantitative estimate of drug-likeness (QED) is 0.602. The number of amides is 2. The number of carbonyl (C=O) groups excluding carboxylic acids is 3. The lowest BCUT2D eigenvalue weighted by molar-refractivity contribution is -0.136. The van der Waals surface area contributed by atoms with Gasteiger partial charge in [0, 0.05) is 12.1 Å². The molecule has 1 aliphatic rings. The molecule has 0 bridgehead atoms. The van der Waals surface area contributed by atoms with E-state index in [1.165, 1.54) is 12.1 Å². The number of ether oxygens (including phenoxy) is 1. The number of carbonyl (C=O) groups is 4. The molecule has 0 radical (unpaired) electrons. The van der Waals surface area contributed by atoms with Crippen LogP contribution in [-0.2, 0) is 25.7 Å². The van der Waals surface area contributed by atoms with Crippen molar-refractivity contribution in [3.05, 3.63) is 47.3 Å². The van der Waals surface area contributed by atoms with E-state index >= 15 is 0 Å². The molecular formula is C21H24F2N2O6. The minimum atomic E-state index is -1.75. The van der Waals surface area contributed by atoms with E-state index in [2.05, 4.69) is 11.9 Å². The minimum Gasteiger partial charge on any atom is -0.478 e. The summed E-state index contributed by atoms with van der Waals surface area (Å²) in [6.45, 7) is 3.32. The number of nitrogens with zero attached hydrogens (tertiary/aromatic N) is 1. The molecule has 0 aromatic heterocycles. The van der Waals surface area contributed by atoms with E-state index in [0.29, 0.717) is 12.8 Å². The van der Waals surface area contributed by atoms with Gasteiger partial charge in [-0.1, -0.05) is 18.2 Å². The molecule has 2 amide bonds. The Morgan fingerprint density at radius 3 is 2.68 bits per heavy atom. The molecule has 10 heteroatoms. The normalized spacial score (nSPS) is 16.9. The number of hydrogen-bond donors (Lipinski definition) is 2. The number of rotatable bonds is 8. The number of aliphatic carboxylic acids is 1. The molecule has 1 aliphatic heterocycles. The summed E-state index contributed by atoms with van der Waals surface area (Å²) in [5.41, 5.74) is 0.276. The number of benzene rings is 1. The first-order valence-electron chi connectivity index (χ1n) is 9.65. The summed E-state index contributed by atoms with van der Waals surface area (Å²) < 4.78 is 31.9. The summed E-state index contributed by atoms with van der Waals surface area (Å²) >= 11 is 0. The first kappa shape index (κ1) is 24.0. The van der Waals surface area contributed by atoms with Crippen LogP contribution < -0.4 is 5.32 Å². The van der Waals surface area contributed by atoms with Gasteiger partial charge in [-0.2, -0.15) is 0 Å². The van der Waals surface area contributed by atoms with E-state index in [9.17, 15) is 28.0 Å². The van der Waals surface area contributed by atoms with Gasteiger partial charge in [-0.05, 0) is 38.3 Å². The smallest absolute Gasteiger partial charge is 0.410 e. The fourth-order valence-corrected chi connectivity index (χ4v) is 3.26. The lowest BCUT2D eigenvalue weighted by Gasteiger charge is -2.34. The summed E-state index contributed by atoms with van der Waals surface area (Å²) in [5.74, 6) is -4.09. The van der Waals surface area contributed by atoms with Gasteiger partial charge in [-0.15, -0.1) is 0 Å². The number of likely N-dealkylation sites (tertiary alicyclic amines) is 1. The van der Waals surface area contributed by atoms with Crippen molar-refractivity contribution in [2.75, 3.05) is 13.2 Å². The highest BCUT2D eigenvalue weighted by atomic mass is 19.1. The molecule has 2 N–H and O–H groups in total. The molecule has 0 saturated carbocycles. The maximum Gasteiger partial charge on any atom is 0.410 e. The number of carboxylic acid groups (broad SMARTS) is 1. The number of ketones is 1. The number of carboxylic acids is 1. The van der Waals surface area contributed by atoms with Crippen molar-refractivity contribution in [2.45, 2.75) is 44.9 Å². The number of aryl methyl sites for hydroxylation is 1. The summed E-state index contributed by atoms with van der Waals surface area (Å²) in [4.78, 5) is 49.3. The maximum absolute atomic E-state index is 13.9. The van der Waals surface area contributed by atoms with Crippen LogP contribution in [0.25, 0.3) is 0 Å². The maximum atomic E-state index is 13.9. The molecule has 2 atom stereocenters. The average Bonchev–Trinajstić information content (AvgIpc) is 2.76. The number of halogens is 2. The predicted octanol–water partition coefficient (Wildman–Crippen LogP) is 2.29. The molecule has 0 aliphatic carbocycles. The second-order valence-corrected chi connectivity index (χ2v) is 7.23. The Bertz CT molecular complexity index is 889. The highest BCUT2D eigenvalue weighted by molar-refractivity contribution is 6.02. The van der Waals surface area contributed by atoms with Crippen LogP contribution in [0.5, 0.6) is 0 Å². The number of hydrogen-bond acceptors (Lipinski definition) is 5. The van der Waals surface area contributed by atoms with Gasteiger partial charge in [-0.25, -0.2) is 18.4 Å². The van der Waals surface area contributed by atoms with Gasteiger partial charge < -0.3 is 15.2 Å². The van der Waals surface area contributed by atoms with Gasteiger partial charge in [0.15, 0.2) is 12.5 Å². The van der Waals surface area contributed by atoms with Crippen molar-refractivity contribution in [3.63, 3.8) is 0 Å². The van der Waals surface area contributed by atoms with Crippen molar-refractivity contribution in [1.82, 2.24) is 10.2 Å². The Hall–Kier alpha value is -3.30. The molecule has 1 unspecified atom stereocenters. The molecular weight excluding hydrogens is 414 g/mol. The minimum absolute atomic E-state index is 0.175. The molecule has 2 rings (SSSR count). The number of alkyl halides is 1. The van der Waals surface area contributed by atoms with Crippen LogP contribution in [0.1, 0.15) is 30.4 Å². The third kappa shape index (κ3) is 6.09. The first-order valence-corrected chi connectivity index (χ1v) is 9.65. The van der Waals surface area contributed by atoms with Gasteiger partial charge >= 0.3 is 12.1 Å². The van der Waals surface area contributed by atoms with Gasteiger partial charge in [0.1, 0.15) is 24.5 Å². The predicted molar refractivity (Wildman–Crippen MR) is 105 cm³/mol. The van der Waals surface area contributed by atoms with Crippen molar-refractivity contribution >= 4 is 23.8 Å². The molecule has 0 spiro atoms. The zero-order chi connectivity index (χ0) is 23.1. The SMILES string of the molecule is C=C(C(=O)O)C(NC(=O)[C@@H]1CCCCN1C(=O)OCc1cc(C)ccc1F)C(=O)CF. The van der Waals surface area contributed by atoms with E-state index in [1.54, 1.807) is 13.0 Å². The monoisotopic (exact) mass is 438 g/mol. The molecule has 168 valence electrons. The molecule has 31 heavy (non-hydrogen) atoms. The summed E-state index contributed by atoms with van der Waals surface area (Å²) in [6.07, 6.45) is 0.559. The lowest BCUT2D eigenvalue weighted by atomic mass is 9.99. The lowest BCUT2D eigenvalue weighted by Crippen LogP contribution is -2.56. The van der Waals surface area contributed by atoms with E-state index in [-0.39, 0.29) is 25.1 Å². The van der Waals surface area contributed by atoms with E-state index < -0.39 is 53.9 Å². The summed E-state index contributed by atoms with van der Waals surface area (Å²) in [5, 5.41) is 11.2. The Balaban J connectivity index is 2.10. The first-order chi connectivity index (χ1) is 14.6. The van der Waals surface area contributed by atoms with Crippen LogP contribution in [0.15, 0.2) is 30.4 Å². The average molecular weight is 438 g/mol. The highest BCUT2D eigenvalue weighted by Crippen LogP contribution is 2.20. The molecule has 1 aromatic carbocycles. The van der Waals surface area contributed by atoms with Gasteiger partial charge in [-0.3, -0.25) is 14.5 Å². The molecule has 8 nitrogen and oxygen atoms in total. The van der Waals surface area contributed by atoms with Gasteiger partial charge in [0.2, 0.25) is 5.91 Å². The fourth-order valence-electron chi connectivity index (χ4n) is 3.26. The molecule has 1 aromatic rings. The Morgan fingerprint density at radius 1 is 1.32 bits per heavy atom. The van der Waals surface area contributed by atoms with E-state index in [0.717, 1.165) is 10.5 Å². The Morgan fingerprint density at radius 2 is 2.03 bits per heavy atom. The standard InChI is InChI=1S/C21H24F2N2O6/c1-12-6-7-15(23)14(9-12)11-31-21(30)25-8-4-3-5-16(25)19(27)24-18(17(26)10-22)13(2)20(28)29/h6-7,9,16,18H,2-5,8,10-11H2,1H3,(H,24,27)(H,28,29)/t16-,18?/m0/s1. The molecule has 1 heterocycles. The van der Waals surface area contributed by atoms with Gasteiger partial charge in [0.05, 0.1) is 5.57 Å². The molecule has 1 saturated heterocycles. The zero-order valence-corrected chi connectivity index (χ0v) is 17.0. The van der Waals surface area contributed by atoms with Crippen LogP contribution >= 0.6 is 0 Å². The topological polar surface area (TPSA) is 113 Å². The van der Waals surface area contributed by atoms with Crippen molar-refractivity contribution < 1.29 is 37.8 Å². The van der Waals surface area contributed by atoms with Crippen LogP contribution in [0.4, 0.5) is 13.6 Å². The van der Waals surface area contributed by atoms with Crippen molar-refractivity contribution in [2.24, 2.45) is 0 Å². The number of piperidine rings is 1. The molecule has 1 fully saturated rings. The number of Topliss-reactive ketones (excluding diaryl/α,β-unsaturated/α-hetero) is 1. The van der Waals surface area contributed by atoms with Crippen LogP contribution in [0.2, 0.25) is 0 Å². The Kier molecular flexibility index (Phi) is 8.23. The van der Waals surface area contributed by atoms with Crippen molar-refractivity contribution in [3.8, 4) is 0 Å². The summed E-state index contributed by atoms with van der Waals surface area (Å²) in [7, 11) is 0. The highest BCUT2D eigenvalue weighted by Gasteiger charge is 2.36. The fraction of sp³-hybridized carbons (Fsp3) is 0.429. The van der Waals surface area contributed by atoms with E-state index in [1.807, 2.05) is 0 Å². The van der Waals surface area contributed by atoms with E-state index in [4.69, 9.17) is 9.84 Å². The van der Waals surface area contributed by atoms with Crippen LogP contribution in [0, 0.1) is 12.7 Å². The van der Waals surface area contributed by atoms with Crippen LogP contribution in [0.3, 0.4) is 0 Å². The summed E-state index contributed by atoms with van der Waals surface area (Å²) in [6, 6.07) is 1.56. The third-order valence-electron chi connectivity index (χ3n) is 4.96. The van der Waals surface area contributed by atoms with Gasteiger partial charge in [0.25, 0.3) is 0 Å². The second-order valence-electron chi connectivity index (χ2n) is 7.23. The largest absolute Gasteiger partial charge is 0.478 e. The van der Waals surface area contributed by atoms with Crippen molar-refractivity contribution in [1.29, 1.82) is 0 Å². The zero-order valence-electron chi connectivity index (χ0n) is 17.0.